The molecule has 0 saturated heterocycles. The van der Waals surface area contributed by atoms with Crippen LogP contribution in [0.3, 0.4) is 0 Å². The fourth-order valence-corrected chi connectivity index (χ4v) is 4.07. The van der Waals surface area contributed by atoms with Crippen molar-refractivity contribution >= 4 is 29.1 Å². The maximum absolute atomic E-state index is 13.8. The summed E-state index contributed by atoms with van der Waals surface area (Å²) in [6, 6.07) is 11.0. The Kier molecular flexibility index (Phi) is 6.87. The minimum Gasteiger partial charge on any atom is -0.383 e. The highest BCUT2D eigenvalue weighted by atomic mass is 35.5. The van der Waals surface area contributed by atoms with Gasteiger partial charge in [0.05, 0.1) is 22.6 Å². The Morgan fingerprint density at radius 2 is 1.93 bits per heavy atom. The Labute approximate surface area is 174 Å². The molecule has 0 radical (unpaired) electrons. The molecule has 2 N–H and O–H groups in total. The lowest BCUT2D eigenvalue weighted by Gasteiger charge is -2.28. The Balaban J connectivity index is 1.77. The van der Waals surface area contributed by atoms with Gasteiger partial charge in [-0.3, -0.25) is 9.59 Å². The number of methoxy groups -OCH3 is 1. The van der Waals surface area contributed by atoms with E-state index in [1.165, 1.54) is 12.1 Å². The third-order valence-corrected chi connectivity index (χ3v) is 5.64. The van der Waals surface area contributed by atoms with E-state index in [9.17, 15) is 14.0 Å². The number of rotatable bonds is 7. The van der Waals surface area contributed by atoms with E-state index >= 15 is 0 Å². The van der Waals surface area contributed by atoms with Gasteiger partial charge in [-0.15, -0.1) is 0 Å². The topological polar surface area (TPSA) is 67.4 Å². The first-order valence-electron chi connectivity index (χ1n) is 9.60. The number of anilines is 1. The molecule has 5 nitrogen and oxygen atoms in total. The van der Waals surface area contributed by atoms with Crippen LogP contribution in [-0.4, -0.2) is 32.1 Å². The smallest absolute Gasteiger partial charge is 0.252 e. The van der Waals surface area contributed by atoms with E-state index in [4.69, 9.17) is 16.3 Å². The molecule has 0 aliphatic heterocycles. The van der Waals surface area contributed by atoms with Crippen LogP contribution in [0.1, 0.15) is 41.6 Å². The summed E-state index contributed by atoms with van der Waals surface area (Å²) in [6.45, 7) is 0.778. The van der Waals surface area contributed by atoms with Crippen LogP contribution in [0.25, 0.3) is 0 Å². The Bertz CT molecular complexity index is 897. The van der Waals surface area contributed by atoms with E-state index in [1.54, 1.807) is 37.4 Å². The van der Waals surface area contributed by atoms with Gasteiger partial charge in [0.15, 0.2) is 0 Å². The van der Waals surface area contributed by atoms with Crippen molar-refractivity contribution in [2.45, 2.75) is 31.1 Å². The molecule has 2 amide bonds. The Morgan fingerprint density at radius 1 is 1.17 bits per heavy atom. The number of amides is 2. The average molecular weight is 419 g/mol. The molecule has 7 heteroatoms. The first-order chi connectivity index (χ1) is 14.0. The minimum absolute atomic E-state index is 0.186. The normalized spacial score (nSPS) is 15.1. The maximum atomic E-state index is 13.8. The molecule has 1 aliphatic carbocycles. The fourth-order valence-electron chi connectivity index (χ4n) is 3.80. The molecule has 1 fully saturated rings. The van der Waals surface area contributed by atoms with Gasteiger partial charge in [0.2, 0.25) is 5.91 Å². The fraction of sp³-hybridized carbons (Fsp3) is 0.364. The highest BCUT2D eigenvalue weighted by Crippen LogP contribution is 2.42. The van der Waals surface area contributed by atoms with Gasteiger partial charge in [0.1, 0.15) is 5.82 Å². The average Bonchev–Trinajstić information content (AvgIpc) is 3.19. The third kappa shape index (κ3) is 4.77. The van der Waals surface area contributed by atoms with Crippen LogP contribution >= 0.6 is 11.6 Å². The van der Waals surface area contributed by atoms with Crippen molar-refractivity contribution in [3.63, 3.8) is 0 Å². The largest absolute Gasteiger partial charge is 0.383 e. The van der Waals surface area contributed by atoms with Crippen molar-refractivity contribution in [2.24, 2.45) is 0 Å². The molecule has 1 aliphatic rings. The molecule has 2 aromatic rings. The molecule has 0 atom stereocenters. The molecular formula is C22H24ClFN2O3. The van der Waals surface area contributed by atoms with Crippen molar-refractivity contribution in [1.29, 1.82) is 0 Å². The summed E-state index contributed by atoms with van der Waals surface area (Å²) in [5, 5.41) is 5.85. The molecular weight excluding hydrogens is 395 g/mol. The third-order valence-electron chi connectivity index (χ3n) is 5.33. The number of hydrogen-bond donors (Lipinski definition) is 2. The number of hydrogen-bond acceptors (Lipinski definition) is 3. The van der Waals surface area contributed by atoms with Crippen LogP contribution in [0, 0.1) is 5.82 Å². The summed E-state index contributed by atoms with van der Waals surface area (Å²) in [5.74, 6) is -0.848. The van der Waals surface area contributed by atoms with Gasteiger partial charge in [-0.2, -0.15) is 0 Å². The molecule has 154 valence electrons. The van der Waals surface area contributed by atoms with Crippen molar-refractivity contribution in [1.82, 2.24) is 5.32 Å². The summed E-state index contributed by atoms with van der Waals surface area (Å²) in [5.41, 5.74) is 0.746. The van der Waals surface area contributed by atoms with Crippen molar-refractivity contribution in [2.75, 3.05) is 25.6 Å². The Morgan fingerprint density at radius 3 is 2.59 bits per heavy atom. The summed E-state index contributed by atoms with van der Waals surface area (Å²) in [7, 11) is 1.55. The zero-order valence-electron chi connectivity index (χ0n) is 16.3. The zero-order chi connectivity index (χ0) is 20.9. The van der Waals surface area contributed by atoms with Crippen LogP contribution in [-0.2, 0) is 14.9 Å². The predicted molar refractivity (Wildman–Crippen MR) is 111 cm³/mol. The molecule has 0 spiro atoms. The first-order valence-corrected chi connectivity index (χ1v) is 9.98. The van der Waals surface area contributed by atoms with E-state index in [2.05, 4.69) is 10.6 Å². The molecule has 0 unspecified atom stereocenters. The van der Waals surface area contributed by atoms with Gasteiger partial charge in [0, 0.05) is 19.3 Å². The van der Waals surface area contributed by atoms with Crippen LogP contribution in [0.5, 0.6) is 0 Å². The second-order valence-corrected chi connectivity index (χ2v) is 7.60. The quantitative estimate of drug-likeness (QED) is 0.658. The highest BCUT2D eigenvalue weighted by Gasteiger charge is 2.42. The maximum Gasteiger partial charge on any atom is 0.252 e. The number of nitrogens with one attached hydrogen (secondary N) is 2. The first kappa shape index (κ1) is 21.3. The number of ether oxygens (including phenoxy) is 1. The summed E-state index contributed by atoms with van der Waals surface area (Å²) >= 11 is 6.26. The molecule has 2 aromatic carbocycles. The van der Waals surface area contributed by atoms with Crippen molar-refractivity contribution < 1.29 is 18.7 Å². The lowest BCUT2D eigenvalue weighted by molar-refractivity contribution is -0.121. The molecule has 1 saturated carbocycles. The number of carbonyl (C=O) groups excluding carboxylic acids is 2. The highest BCUT2D eigenvalue weighted by molar-refractivity contribution is 6.34. The van der Waals surface area contributed by atoms with Gasteiger partial charge in [0.25, 0.3) is 5.91 Å². The van der Waals surface area contributed by atoms with E-state index in [0.29, 0.717) is 42.8 Å². The summed E-state index contributed by atoms with van der Waals surface area (Å²) in [6.07, 6.45) is 3.14. The standard InChI is InChI=1S/C22H24ClFN2O3/c1-29-12-11-25-20(27)18-8-7-17(14-19(18)23)26-21(28)22(9-2-3-10-22)15-5-4-6-16(24)13-15/h4-8,13-14H,2-3,9-12H2,1H3,(H,25,27)(H,26,28). The SMILES string of the molecule is COCCNC(=O)c1ccc(NC(=O)C2(c3cccc(F)c3)CCCC2)cc1Cl. The van der Waals surface area contributed by atoms with Gasteiger partial charge < -0.3 is 15.4 Å². The second-order valence-electron chi connectivity index (χ2n) is 7.20. The van der Waals surface area contributed by atoms with E-state index in [0.717, 1.165) is 12.8 Å². The van der Waals surface area contributed by atoms with E-state index in [-0.39, 0.29) is 22.7 Å². The molecule has 29 heavy (non-hydrogen) atoms. The summed E-state index contributed by atoms with van der Waals surface area (Å²) < 4.78 is 18.7. The lowest BCUT2D eigenvalue weighted by Crippen LogP contribution is -2.38. The van der Waals surface area contributed by atoms with E-state index in [1.807, 2.05) is 0 Å². The van der Waals surface area contributed by atoms with Gasteiger partial charge in [-0.05, 0) is 48.7 Å². The van der Waals surface area contributed by atoms with Gasteiger partial charge in [-0.1, -0.05) is 36.6 Å². The van der Waals surface area contributed by atoms with E-state index < -0.39 is 5.41 Å². The van der Waals surface area contributed by atoms with Crippen LogP contribution in [0.2, 0.25) is 5.02 Å². The number of halogens is 2. The van der Waals surface area contributed by atoms with Crippen molar-refractivity contribution in [3.8, 4) is 0 Å². The van der Waals surface area contributed by atoms with Crippen LogP contribution in [0.4, 0.5) is 10.1 Å². The second kappa shape index (κ2) is 9.37. The monoisotopic (exact) mass is 418 g/mol. The molecule has 0 bridgehead atoms. The number of benzene rings is 2. The van der Waals surface area contributed by atoms with Crippen molar-refractivity contribution in [3.05, 3.63) is 64.4 Å². The molecule has 0 aromatic heterocycles. The van der Waals surface area contributed by atoms with Gasteiger partial charge >= 0.3 is 0 Å². The molecule has 0 heterocycles. The van der Waals surface area contributed by atoms with Crippen LogP contribution < -0.4 is 10.6 Å². The minimum atomic E-state index is -0.759. The van der Waals surface area contributed by atoms with Gasteiger partial charge in [-0.25, -0.2) is 4.39 Å². The molecule has 3 rings (SSSR count). The summed E-state index contributed by atoms with van der Waals surface area (Å²) in [4.78, 5) is 25.4. The lowest BCUT2D eigenvalue weighted by atomic mass is 9.78. The predicted octanol–water partition coefficient (Wildman–Crippen LogP) is 4.31. The zero-order valence-corrected chi connectivity index (χ0v) is 17.0. The van der Waals surface area contributed by atoms with Crippen LogP contribution in [0.15, 0.2) is 42.5 Å². The Hall–Kier alpha value is -2.44. The number of carbonyl (C=O) groups is 2.